The lowest BCUT2D eigenvalue weighted by atomic mass is 10.3. The van der Waals surface area contributed by atoms with Crippen molar-refractivity contribution in [1.29, 1.82) is 0 Å². The highest BCUT2D eigenvalue weighted by molar-refractivity contribution is 7.92. The van der Waals surface area contributed by atoms with Gasteiger partial charge in [-0.3, -0.25) is 0 Å². The molecule has 1 atom stereocenters. The average Bonchev–Trinajstić information content (AvgIpc) is 3.09. The minimum absolute atomic E-state index is 0.0653. The van der Waals surface area contributed by atoms with Gasteiger partial charge in [0.05, 0.1) is 34.6 Å². The molecule has 0 amide bonds. The summed E-state index contributed by atoms with van der Waals surface area (Å²) in [5, 5.41) is 0. The zero-order valence-corrected chi connectivity index (χ0v) is 15.1. The molecule has 0 bridgehead atoms. The predicted octanol–water partition coefficient (Wildman–Crippen LogP) is 0.875. The van der Waals surface area contributed by atoms with Crippen LogP contribution < -0.4 is 0 Å². The smallest absolute Gasteiger partial charge is 0.216 e. The molecule has 2 heterocycles. The van der Waals surface area contributed by atoms with E-state index in [2.05, 4.69) is 4.98 Å². The number of para-hydroxylation sites is 2. The second-order valence-corrected chi connectivity index (χ2v) is 10.3. The Kier molecular flexibility index (Phi) is 4.67. The van der Waals surface area contributed by atoms with Crippen LogP contribution in [0.2, 0.25) is 0 Å². The molecule has 0 saturated carbocycles. The van der Waals surface area contributed by atoms with E-state index in [1.54, 1.807) is 13.3 Å². The normalized spacial score (nSPS) is 20.8. The molecule has 1 aromatic heterocycles. The molecule has 0 N–H and O–H groups in total. The summed E-state index contributed by atoms with van der Waals surface area (Å²) in [6.07, 6.45) is 2.01. The Balaban J connectivity index is 1.75. The number of fused-ring (bicyclic) bond motifs is 1. The lowest BCUT2D eigenvalue weighted by Gasteiger charge is -2.26. The maximum Gasteiger partial charge on any atom is 0.216 e. The first kappa shape index (κ1) is 17.4. The molecular formula is C15H21N3O4S2. The summed E-state index contributed by atoms with van der Waals surface area (Å²) >= 11 is 0. The van der Waals surface area contributed by atoms with Crippen LogP contribution in [-0.4, -0.2) is 60.5 Å². The first-order valence-corrected chi connectivity index (χ1v) is 11.4. The summed E-state index contributed by atoms with van der Waals surface area (Å²) in [5.74, 6) is -0.0817. The van der Waals surface area contributed by atoms with Crippen molar-refractivity contribution in [1.82, 2.24) is 13.9 Å². The van der Waals surface area contributed by atoms with Gasteiger partial charge >= 0.3 is 0 Å². The molecular weight excluding hydrogens is 350 g/mol. The minimum atomic E-state index is -3.53. The Bertz CT molecular complexity index is 935. The van der Waals surface area contributed by atoms with E-state index >= 15 is 0 Å². The monoisotopic (exact) mass is 371 g/mol. The van der Waals surface area contributed by atoms with Crippen molar-refractivity contribution >= 4 is 30.9 Å². The number of imidazole rings is 1. The number of aryl methyl sites for hydroxylation is 1. The largest absolute Gasteiger partial charge is 0.330 e. The fraction of sp³-hybridized carbons (Fsp3) is 0.533. The lowest BCUT2D eigenvalue weighted by molar-refractivity contribution is 0.353. The van der Waals surface area contributed by atoms with Crippen LogP contribution in [0.4, 0.5) is 0 Å². The average molecular weight is 371 g/mol. The van der Waals surface area contributed by atoms with Gasteiger partial charge in [0.2, 0.25) is 10.0 Å². The molecule has 132 valence electrons. The van der Waals surface area contributed by atoms with Crippen LogP contribution in [0.3, 0.4) is 0 Å². The molecule has 1 aromatic carbocycles. The molecule has 0 aliphatic carbocycles. The first-order valence-electron chi connectivity index (χ1n) is 7.92. The van der Waals surface area contributed by atoms with Crippen molar-refractivity contribution in [2.75, 3.05) is 23.8 Å². The fourth-order valence-corrected chi connectivity index (χ4v) is 6.72. The molecule has 9 heteroatoms. The summed E-state index contributed by atoms with van der Waals surface area (Å²) in [6, 6.07) is 7.11. The zero-order chi connectivity index (χ0) is 17.4. The van der Waals surface area contributed by atoms with E-state index in [1.807, 2.05) is 28.8 Å². The van der Waals surface area contributed by atoms with Gasteiger partial charge < -0.3 is 4.57 Å². The van der Waals surface area contributed by atoms with E-state index in [4.69, 9.17) is 0 Å². The highest BCUT2D eigenvalue weighted by Gasteiger charge is 2.36. The van der Waals surface area contributed by atoms with E-state index in [9.17, 15) is 16.8 Å². The topological polar surface area (TPSA) is 89.3 Å². The van der Waals surface area contributed by atoms with Crippen LogP contribution >= 0.6 is 0 Å². The highest BCUT2D eigenvalue weighted by Crippen LogP contribution is 2.21. The number of nitrogens with zero attached hydrogens (tertiary/aromatic N) is 3. The Morgan fingerprint density at radius 1 is 1.33 bits per heavy atom. The third-order valence-electron chi connectivity index (χ3n) is 4.40. The molecule has 0 spiro atoms. The Hall–Kier alpha value is -1.45. The number of rotatable bonds is 6. The molecule has 3 rings (SSSR count). The van der Waals surface area contributed by atoms with Gasteiger partial charge in [0.15, 0.2) is 9.84 Å². The summed E-state index contributed by atoms with van der Waals surface area (Å²) in [5.41, 5.74) is 1.71. The SMILES string of the molecule is CCN([C@H]1CCS(=O)(=O)C1)S(=O)(=O)CCn1cnc2ccccc21. The standard InChI is InChI=1S/C15H21N3O4S2/c1-2-18(13-7-9-23(19,20)11-13)24(21,22)10-8-17-12-16-14-5-3-4-6-15(14)17/h3-6,12-13H,2,7-11H2,1H3/t13-/m0/s1. The van der Waals surface area contributed by atoms with Gasteiger partial charge in [0.1, 0.15) is 0 Å². The van der Waals surface area contributed by atoms with Crippen molar-refractivity contribution < 1.29 is 16.8 Å². The number of hydrogen-bond donors (Lipinski definition) is 0. The second-order valence-electron chi connectivity index (χ2n) is 6.00. The summed E-state index contributed by atoms with van der Waals surface area (Å²) in [6.45, 7) is 2.32. The highest BCUT2D eigenvalue weighted by atomic mass is 32.2. The molecule has 0 radical (unpaired) electrons. The van der Waals surface area contributed by atoms with Crippen LogP contribution in [0.25, 0.3) is 11.0 Å². The fourth-order valence-electron chi connectivity index (χ4n) is 3.20. The van der Waals surface area contributed by atoms with Gasteiger partial charge in [-0.15, -0.1) is 0 Å². The number of sulfone groups is 1. The third-order valence-corrected chi connectivity index (χ3v) is 8.12. The van der Waals surface area contributed by atoms with E-state index in [1.165, 1.54) is 4.31 Å². The molecule has 0 unspecified atom stereocenters. The van der Waals surface area contributed by atoms with Crippen molar-refractivity contribution in [3.63, 3.8) is 0 Å². The van der Waals surface area contributed by atoms with Gasteiger partial charge in [0, 0.05) is 19.1 Å². The van der Waals surface area contributed by atoms with Crippen LogP contribution in [0.15, 0.2) is 30.6 Å². The van der Waals surface area contributed by atoms with Crippen LogP contribution in [0, 0.1) is 0 Å². The van der Waals surface area contributed by atoms with E-state index < -0.39 is 25.9 Å². The molecule has 24 heavy (non-hydrogen) atoms. The second kappa shape index (κ2) is 6.45. The molecule has 1 aliphatic heterocycles. The van der Waals surface area contributed by atoms with Crippen LogP contribution in [-0.2, 0) is 26.4 Å². The molecule has 1 aliphatic rings. The molecule has 2 aromatic rings. The Labute approximate surface area is 142 Å². The summed E-state index contributed by atoms with van der Waals surface area (Å²) < 4.78 is 51.8. The number of benzene rings is 1. The Morgan fingerprint density at radius 2 is 2.08 bits per heavy atom. The summed E-state index contributed by atoms with van der Waals surface area (Å²) in [4.78, 5) is 4.26. The Morgan fingerprint density at radius 3 is 2.75 bits per heavy atom. The third kappa shape index (κ3) is 3.47. The minimum Gasteiger partial charge on any atom is -0.330 e. The van der Waals surface area contributed by atoms with Crippen LogP contribution in [0.5, 0.6) is 0 Å². The van der Waals surface area contributed by atoms with Gasteiger partial charge in [-0.2, -0.15) is 4.31 Å². The van der Waals surface area contributed by atoms with Crippen molar-refractivity contribution in [2.24, 2.45) is 0 Å². The van der Waals surface area contributed by atoms with E-state index in [0.29, 0.717) is 13.0 Å². The van der Waals surface area contributed by atoms with Crippen molar-refractivity contribution in [3.8, 4) is 0 Å². The van der Waals surface area contributed by atoms with Crippen molar-refractivity contribution in [3.05, 3.63) is 30.6 Å². The maximum absolute atomic E-state index is 12.7. The lowest BCUT2D eigenvalue weighted by Crippen LogP contribution is -2.42. The number of sulfonamides is 1. The van der Waals surface area contributed by atoms with Gasteiger partial charge in [0.25, 0.3) is 0 Å². The maximum atomic E-state index is 12.7. The van der Waals surface area contributed by atoms with E-state index in [-0.39, 0.29) is 23.8 Å². The van der Waals surface area contributed by atoms with E-state index in [0.717, 1.165) is 11.0 Å². The number of hydrogen-bond acceptors (Lipinski definition) is 5. The van der Waals surface area contributed by atoms with Gasteiger partial charge in [-0.05, 0) is 18.6 Å². The quantitative estimate of drug-likeness (QED) is 0.752. The molecule has 7 nitrogen and oxygen atoms in total. The van der Waals surface area contributed by atoms with Gasteiger partial charge in [-0.25, -0.2) is 21.8 Å². The molecule has 1 saturated heterocycles. The predicted molar refractivity (Wildman–Crippen MR) is 93.0 cm³/mol. The van der Waals surface area contributed by atoms with Gasteiger partial charge in [-0.1, -0.05) is 19.1 Å². The zero-order valence-electron chi connectivity index (χ0n) is 13.5. The van der Waals surface area contributed by atoms with Crippen LogP contribution in [0.1, 0.15) is 13.3 Å². The summed E-state index contributed by atoms with van der Waals surface area (Å²) in [7, 11) is -6.65. The first-order chi connectivity index (χ1) is 11.3. The molecule has 1 fully saturated rings. The number of aromatic nitrogens is 2. The van der Waals surface area contributed by atoms with Crippen molar-refractivity contribution in [2.45, 2.75) is 25.9 Å².